The zero-order valence-corrected chi connectivity index (χ0v) is 11.4. The summed E-state index contributed by atoms with van der Waals surface area (Å²) in [5.41, 5.74) is 4.66. The van der Waals surface area contributed by atoms with Gasteiger partial charge in [0.05, 0.1) is 12.8 Å². The van der Waals surface area contributed by atoms with Crippen molar-refractivity contribution >= 4 is 0 Å². The molecular formula is C15H20N2O. The molecule has 0 atom stereocenters. The van der Waals surface area contributed by atoms with Crippen molar-refractivity contribution in [2.24, 2.45) is 0 Å². The van der Waals surface area contributed by atoms with Crippen LogP contribution in [0.4, 0.5) is 0 Å². The van der Waals surface area contributed by atoms with Gasteiger partial charge in [-0.05, 0) is 30.5 Å². The summed E-state index contributed by atoms with van der Waals surface area (Å²) in [5.74, 6) is 1.45. The molecule has 0 aliphatic heterocycles. The standard InChI is InChI=1S/C15H20N2O/c1-10(2)12-5-6-15(18-4)13(8-12)9-14-7-11(3)16-17-14/h5-8,10H,9H2,1-4H3,(H,16,17). The van der Waals surface area contributed by atoms with Crippen LogP contribution in [0, 0.1) is 6.92 Å². The number of aromatic amines is 1. The van der Waals surface area contributed by atoms with Gasteiger partial charge in [0, 0.05) is 17.7 Å². The maximum Gasteiger partial charge on any atom is 0.122 e. The van der Waals surface area contributed by atoms with Gasteiger partial charge in [-0.15, -0.1) is 0 Å². The average molecular weight is 244 g/mol. The van der Waals surface area contributed by atoms with Gasteiger partial charge in [0.25, 0.3) is 0 Å². The largest absolute Gasteiger partial charge is 0.496 e. The van der Waals surface area contributed by atoms with Crippen LogP contribution in [0.5, 0.6) is 5.75 Å². The Morgan fingerprint density at radius 3 is 2.61 bits per heavy atom. The molecule has 0 spiro atoms. The number of aromatic nitrogens is 2. The van der Waals surface area contributed by atoms with E-state index in [9.17, 15) is 0 Å². The molecule has 3 heteroatoms. The molecule has 0 fully saturated rings. The zero-order chi connectivity index (χ0) is 13.1. The molecule has 0 aliphatic rings. The van der Waals surface area contributed by atoms with Crippen molar-refractivity contribution in [2.45, 2.75) is 33.1 Å². The predicted molar refractivity (Wildman–Crippen MR) is 73.2 cm³/mol. The van der Waals surface area contributed by atoms with Crippen molar-refractivity contribution in [1.29, 1.82) is 0 Å². The summed E-state index contributed by atoms with van der Waals surface area (Å²) < 4.78 is 5.42. The highest BCUT2D eigenvalue weighted by Gasteiger charge is 2.09. The van der Waals surface area contributed by atoms with Gasteiger partial charge in [-0.1, -0.05) is 26.0 Å². The number of nitrogens with zero attached hydrogens (tertiary/aromatic N) is 1. The Balaban J connectivity index is 2.32. The maximum atomic E-state index is 5.42. The van der Waals surface area contributed by atoms with E-state index >= 15 is 0 Å². The molecule has 3 nitrogen and oxygen atoms in total. The number of hydrogen-bond donors (Lipinski definition) is 1. The van der Waals surface area contributed by atoms with Crippen LogP contribution < -0.4 is 4.74 Å². The predicted octanol–water partition coefficient (Wildman–Crippen LogP) is 3.44. The minimum absolute atomic E-state index is 0.524. The first kappa shape index (κ1) is 12.7. The Morgan fingerprint density at radius 2 is 2.06 bits per heavy atom. The molecule has 96 valence electrons. The number of H-pyrrole nitrogens is 1. The average Bonchev–Trinajstić information content (AvgIpc) is 2.74. The highest BCUT2D eigenvalue weighted by Crippen LogP contribution is 2.26. The fraction of sp³-hybridized carbons (Fsp3) is 0.400. The topological polar surface area (TPSA) is 37.9 Å². The van der Waals surface area contributed by atoms with Crippen LogP contribution in [0.3, 0.4) is 0 Å². The number of rotatable bonds is 4. The Morgan fingerprint density at radius 1 is 1.28 bits per heavy atom. The van der Waals surface area contributed by atoms with Crippen LogP contribution in [0.25, 0.3) is 0 Å². The van der Waals surface area contributed by atoms with Gasteiger partial charge in [0.1, 0.15) is 5.75 Å². The lowest BCUT2D eigenvalue weighted by Gasteiger charge is -2.12. The van der Waals surface area contributed by atoms with Gasteiger partial charge < -0.3 is 4.74 Å². The minimum atomic E-state index is 0.524. The lowest BCUT2D eigenvalue weighted by molar-refractivity contribution is 0.410. The van der Waals surface area contributed by atoms with Crippen LogP contribution >= 0.6 is 0 Å². The molecule has 0 saturated carbocycles. The van der Waals surface area contributed by atoms with E-state index in [1.54, 1.807) is 7.11 Å². The van der Waals surface area contributed by atoms with Crippen LogP contribution in [0.1, 0.15) is 42.3 Å². The SMILES string of the molecule is COc1ccc(C(C)C)cc1Cc1cc(C)[nH]n1. The fourth-order valence-electron chi connectivity index (χ4n) is 2.06. The lowest BCUT2D eigenvalue weighted by Crippen LogP contribution is -1.97. The summed E-state index contributed by atoms with van der Waals surface area (Å²) in [6.07, 6.45) is 0.800. The van der Waals surface area contributed by atoms with E-state index in [4.69, 9.17) is 4.74 Å². The van der Waals surface area contributed by atoms with Gasteiger partial charge in [-0.25, -0.2) is 0 Å². The van der Waals surface area contributed by atoms with Crippen LogP contribution in [-0.2, 0) is 6.42 Å². The molecule has 0 bridgehead atoms. The van der Waals surface area contributed by atoms with Crippen molar-refractivity contribution in [1.82, 2.24) is 10.2 Å². The number of benzene rings is 1. The second-order valence-electron chi connectivity index (χ2n) is 4.95. The Kier molecular flexibility index (Phi) is 3.70. The molecule has 2 aromatic rings. The first-order chi connectivity index (χ1) is 8.60. The summed E-state index contributed by atoms with van der Waals surface area (Å²) in [4.78, 5) is 0. The second-order valence-corrected chi connectivity index (χ2v) is 4.95. The number of hydrogen-bond acceptors (Lipinski definition) is 2. The third-order valence-electron chi connectivity index (χ3n) is 3.10. The third kappa shape index (κ3) is 2.73. The van der Waals surface area contributed by atoms with Gasteiger partial charge >= 0.3 is 0 Å². The van der Waals surface area contributed by atoms with Gasteiger partial charge in [0.15, 0.2) is 0 Å². The van der Waals surface area contributed by atoms with Crippen molar-refractivity contribution in [3.63, 3.8) is 0 Å². The molecule has 0 radical (unpaired) electrons. The van der Waals surface area contributed by atoms with E-state index in [0.29, 0.717) is 5.92 Å². The van der Waals surface area contributed by atoms with Gasteiger partial charge in [0.2, 0.25) is 0 Å². The minimum Gasteiger partial charge on any atom is -0.496 e. The van der Waals surface area contributed by atoms with Crippen molar-refractivity contribution in [2.75, 3.05) is 7.11 Å². The lowest BCUT2D eigenvalue weighted by atomic mass is 9.98. The molecule has 0 aliphatic carbocycles. The number of aryl methyl sites for hydroxylation is 1. The van der Waals surface area contributed by atoms with Gasteiger partial charge in [-0.2, -0.15) is 5.10 Å². The van der Waals surface area contributed by atoms with E-state index < -0.39 is 0 Å². The molecule has 0 unspecified atom stereocenters. The van der Waals surface area contributed by atoms with Crippen LogP contribution in [0.2, 0.25) is 0 Å². The smallest absolute Gasteiger partial charge is 0.122 e. The highest BCUT2D eigenvalue weighted by molar-refractivity contribution is 5.40. The van der Waals surface area contributed by atoms with E-state index in [1.165, 1.54) is 11.1 Å². The molecule has 2 rings (SSSR count). The van der Waals surface area contributed by atoms with Crippen molar-refractivity contribution < 1.29 is 4.74 Å². The first-order valence-electron chi connectivity index (χ1n) is 6.28. The summed E-state index contributed by atoms with van der Waals surface area (Å²) >= 11 is 0. The van der Waals surface area contributed by atoms with Gasteiger partial charge in [-0.3, -0.25) is 5.10 Å². The summed E-state index contributed by atoms with van der Waals surface area (Å²) in [5, 5.41) is 7.25. The maximum absolute atomic E-state index is 5.42. The normalized spacial score (nSPS) is 10.9. The number of nitrogens with one attached hydrogen (secondary N) is 1. The molecular weight excluding hydrogens is 224 g/mol. The molecule has 1 N–H and O–H groups in total. The van der Waals surface area contributed by atoms with Crippen LogP contribution in [0.15, 0.2) is 24.3 Å². The van der Waals surface area contributed by atoms with E-state index in [1.807, 2.05) is 13.0 Å². The third-order valence-corrected chi connectivity index (χ3v) is 3.10. The molecule has 1 aromatic heterocycles. The zero-order valence-electron chi connectivity index (χ0n) is 11.4. The Labute approximate surface area is 108 Å². The molecule has 0 amide bonds. The van der Waals surface area contributed by atoms with E-state index in [2.05, 4.69) is 42.2 Å². The van der Waals surface area contributed by atoms with Crippen molar-refractivity contribution in [3.8, 4) is 5.75 Å². The second kappa shape index (κ2) is 5.25. The molecule has 1 heterocycles. The monoisotopic (exact) mass is 244 g/mol. The number of methoxy groups -OCH3 is 1. The summed E-state index contributed by atoms with van der Waals surface area (Å²) in [7, 11) is 1.71. The summed E-state index contributed by atoms with van der Waals surface area (Å²) in [6, 6.07) is 8.46. The van der Waals surface area contributed by atoms with E-state index in [0.717, 1.165) is 23.6 Å². The molecule has 1 aromatic carbocycles. The highest BCUT2D eigenvalue weighted by atomic mass is 16.5. The fourth-order valence-corrected chi connectivity index (χ4v) is 2.06. The van der Waals surface area contributed by atoms with Crippen LogP contribution in [-0.4, -0.2) is 17.3 Å². The Bertz CT molecular complexity index is 529. The first-order valence-corrected chi connectivity index (χ1v) is 6.28. The van der Waals surface area contributed by atoms with E-state index in [-0.39, 0.29) is 0 Å². The van der Waals surface area contributed by atoms with Crippen molar-refractivity contribution in [3.05, 3.63) is 46.8 Å². The quantitative estimate of drug-likeness (QED) is 0.894. The Hall–Kier alpha value is -1.77. The molecule has 18 heavy (non-hydrogen) atoms. The number of ether oxygens (including phenoxy) is 1. The molecule has 0 saturated heterocycles. The summed E-state index contributed by atoms with van der Waals surface area (Å²) in [6.45, 7) is 6.41.